The van der Waals surface area contributed by atoms with Crippen molar-refractivity contribution in [1.29, 1.82) is 0 Å². The van der Waals surface area contributed by atoms with Gasteiger partial charge in [0.2, 0.25) is 0 Å². The Kier molecular flexibility index (Phi) is 3.16. The lowest BCUT2D eigenvalue weighted by Crippen LogP contribution is -2.06. The summed E-state index contributed by atoms with van der Waals surface area (Å²) in [5.74, 6) is 0. The summed E-state index contributed by atoms with van der Waals surface area (Å²) in [6.45, 7) is 4.17. The molecule has 0 fully saturated rings. The smallest absolute Gasteiger partial charge is 0.0784 e. The summed E-state index contributed by atoms with van der Waals surface area (Å²) in [4.78, 5) is -0.300. The Morgan fingerprint density at radius 3 is 2.83 bits per heavy atom. The minimum Gasteiger partial charge on any atom is -0.110 e. The van der Waals surface area contributed by atoms with Crippen LogP contribution >= 0.6 is 11.6 Å². The molecule has 1 aliphatic rings. The second-order valence-electron chi connectivity index (χ2n) is 3.34. The van der Waals surface area contributed by atoms with Crippen LogP contribution in [-0.4, -0.2) is 4.87 Å². The predicted molar refractivity (Wildman–Crippen MR) is 55.5 cm³/mol. The van der Waals surface area contributed by atoms with Crippen LogP contribution in [-0.2, 0) is 0 Å². The zero-order valence-corrected chi connectivity index (χ0v) is 8.43. The van der Waals surface area contributed by atoms with Gasteiger partial charge < -0.3 is 0 Å². The third-order valence-electron chi connectivity index (χ3n) is 1.89. The van der Waals surface area contributed by atoms with Crippen molar-refractivity contribution < 1.29 is 0 Å². The topological polar surface area (TPSA) is 0 Å². The molecular weight excluding hydrogens is 168 g/mol. The van der Waals surface area contributed by atoms with Gasteiger partial charge in [0, 0.05) is 0 Å². The minimum atomic E-state index is -0.300. The van der Waals surface area contributed by atoms with Gasteiger partial charge in [-0.3, -0.25) is 0 Å². The van der Waals surface area contributed by atoms with Gasteiger partial charge in [0.25, 0.3) is 0 Å². The summed E-state index contributed by atoms with van der Waals surface area (Å²) in [6, 6.07) is 0. The Morgan fingerprint density at radius 2 is 2.17 bits per heavy atom. The molecule has 0 aromatic rings. The van der Waals surface area contributed by atoms with Crippen LogP contribution < -0.4 is 0 Å². The number of hydrogen-bond acceptors (Lipinski definition) is 0. The summed E-state index contributed by atoms with van der Waals surface area (Å²) >= 11 is 6.14. The summed E-state index contributed by atoms with van der Waals surface area (Å²) in [7, 11) is 0. The molecule has 0 saturated carbocycles. The molecule has 66 valence electrons. The van der Waals surface area contributed by atoms with E-state index in [4.69, 9.17) is 11.6 Å². The first-order valence-electron chi connectivity index (χ1n) is 4.40. The standard InChI is InChI=1S/C11H15Cl/c1-3-5-10-6-4-8-11(2,12)9-7-10/h4,6-9H,3,5H2,1-2H3. The first kappa shape index (κ1) is 9.60. The van der Waals surface area contributed by atoms with Gasteiger partial charge in [-0.1, -0.05) is 43.7 Å². The molecule has 1 heteroatoms. The molecular formula is C11H15Cl. The number of rotatable bonds is 2. The van der Waals surface area contributed by atoms with Crippen LogP contribution in [0.3, 0.4) is 0 Å². The molecule has 1 rings (SSSR count). The molecule has 0 aliphatic heterocycles. The third-order valence-corrected chi connectivity index (χ3v) is 2.15. The number of allylic oxidation sites excluding steroid dienone is 6. The molecule has 1 aliphatic carbocycles. The largest absolute Gasteiger partial charge is 0.110 e. The van der Waals surface area contributed by atoms with E-state index in [1.807, 2.05) is 25.2 Å². The van der Waals surface area contributed by atoms with E-state index in [0.29, 0.717) is 0 Å². The number of halogens is 1. The highest BCUT2D eigenvalue weighted by Crippen LogP contribution is 2.22. The molecule has 0 amide bonds. The van der Waals surface area contributed by atoms with Crippen LogP contribution in [0.15, 0.2) is 36.0 Å². The summed E-state index contributed by atoms with van der Waals surface area (Å²) < 4.78 is 0. The lowest BCUT2D eigenvalue weighted by Gasteiger charge is -2.09. The summed E-state index contributed by atoms with van der Waals surface area (Å²) in [5.41, 5.74) is 1.36. The first-order chi connectivity index (χ1) is 5.64. The second-order valence-corrected chi connectivity index (χ2v) is 4.15. The van der Waals surface area contributed by atoms with Crippen molar-refractivity contribution in [3.05, 3.63) is 36.0 Å². The molecule has 0 heterocycles. The van der Waals surface area contributed by atoms with Gasteiger partial charge in [-0.05, 0) is 18.9 Å². The van der Waals surface area contributed by atoms with Crippen LogP contribution in [0.2, 0.25) is 0 Å². The van der Waals surface area contributed by atoms with Crippen LogP contribution in [0, 0.1) is 0 Å². The Bertz CT molecular complexity index is 231. The van der Waals surface area contributed by atoms with E-state index in [1.54, 1.807) is 0 Å². The predicted octanol–water partition coefficient (Wildman–Crippen LogP) is 3.84. The van der Waals surface area contributed by atoms with Crippen molar-refractivity contribution in [2.45, 2.75) is 31.6 Å². The van der Waals surface area contributed by atoms with Crippen molar-refractivity contribution in [2.75, 3.05) is 0 Å². The zero-order valence-electron chi connectivity index (χ0n) is 7.68. The van der Waals surface area contributed by atoms with Crippen LogP contribution in [0.5, 0.6) is 0 Å². The second kappa shape index (κ2) is 3.95. The van der Waals surface area contributed by atoms with E-state index in [-0.39, 0.29) is 4.87 Å². The van der Waals surface area contributed by atoms with Gasteiger partial charge in [0.1, 0.15) is 0 Å². The van der Waals surface area contributed by atoms with Gasteiger partial charge >= 0.3 is 0 Å². The Morgan fingerprint density at radius 1 is 1.42 bits per heavy atom. The fraction of sp³-hybridized carbons (Fsp3) is 0.455. The van der Waals surface area contributed by atoms with Crippen LogP contribution in [0.1, 0.15) is 26.7 Å². The molecule has 0 spiro atoms. The van der Waals surface area contributed by atoms with E-state index < -0.39 is 0 Å². The van der Waals surface area contributed by atoms with Gasteiger partial charge in [-0.25, -0.2) is 0 Å². The minimum absolute atomic E-state index is 0.300. The molecule has 1 unspecified atom stereocenters. The Labute approximate surface area is 79.6 Å². The van der Waals surface area contributed by atoms with Crippen LogP contribution in [0.4, 0.5) is 0 Å². The van der Waals surface area contributed by atoms with Gasteiger partial charge in [0.05, 0.1) is 4.87 Å². The van der Waals surface area contributed by atoms with E-state index in [0.717, 1.165) is 6.42 Å². The maximum Gasteiger partial charge on any atom is 0.0784 e. The fourth-order valence-electron chi connectivity index (χ4n) is 1.20. The van der Waals surface area contributed by atoms with E-state index in [2.05, 4.69) is 19.1 Å². The molecule has 0 radical (unpaired) electrons. The van der Waals surface area contributed by atoms with E-state index in [1.165, 1.54) is 12.0 Å². The maximum atomic E-state index is 6.14. The maximum absolute atomic E-state index is 6.14. The van der Waals surface area contributed by atoms with Crippen molar-refractivity contribution >= 4 is 11.6 Å². The Balaban J connectivity index is 2.72. The summed E-state index contributed by atoms with van der Waals surface area (Å²) in [6.07, 6.45) is 12.7. The zero-order chi connectivity index (χ0) is 9.03. The lowest BCUT2D eigenvalue weighted by atomic mass is 10.1. The van der Waals surface area contributed by atoms with Gasteiger partial charge in [0.15, 0.2) is 0 Å². The highest BCUT2D eigenvalue weighted by atomic mass is 35.5. The number of alkyl halides is 1. The molecule has 0 N–H and O–H groups in total. The fourth-order valence-corrected chi connectivity index (χ4v) is 1.33. The third kappa shape index (κ3) is 2.86. The van der Waals surface area contributed by atoms with E-state index >= 15 is 0 Å². The SMILES string of the molecule is CCCC1=CC=CC(C)(Cl)C=C1. The van der Waals surface area contributed by atoms with Gasteiger partial charge in [-0.2, -0.15) is 0 Å². The average Bonchev–Trinajstić information content (AvgIpc) is 2.14. The molecule has 0 bridgehead atoms. The monoisotopic (exact) mass is 182 g/mol. The van der Waals surface area contributed by atoms with E-state index in [9.17, 15) is 0 Å². The molecule has 0 aromatic heterocycles. The first-order valence-corrected chi connectivity index (χ1v) is 4.78. The van der Waals surface area contributed by atoms with Crippen molar-refractivity contribution in [2.24, 2.45) is 0 Å². The lowest BCUT2D eigenvalue weighted by molar-refractivity contribution is 0.923. The normalized spacial score (nSPS) is 28.4. The summed E-state index contributed by atoms with van der Waals surface area (Å²) in [5, 5.41) is 0. The average molecular weight is 183 g/mol. The molecule has 12 heavy (non-hydrogen) atoms. The number of hydrogen-bond donors (Lipinski definition) is 0. The van der Waals surface area contributed by atoms with Crippen molar-refractivity contribution in [1.82, 2.24) is 0 Å². The Hall–Kier alpha value is -0.490. The van der Waals surface area contributed by atoms with Gasteiger partial charge in [-0.15, -0.1) is 11.6 Å². The van der Waals surface area contributed by atoms with Crippen LogP contribution in [0.25, 0.3) is 0 Å². The molecule has 0 saturated heterocycles. The molecule has 1 atom stereocenters. The quantitative estimate of drug-likeness (QED) is 0.570. The highest BCUT2D eigenvalue weighted by molar-refractivity contribution is 6.26. The molecule has 0 nitrogen and oxygen atoms in total. The molecule has 0 aromatic carbocycles. The van der Waals surface area contributed by atoms with Crippen molar-refractivity contribution in [3.8, 4) is 0 Å². The highest BCUT2D eigenvalue weighted by Gasteiger charge is 2.12. The van der Waals surface area contributed by atoms with Crippen molar-refractivity contribution in [3.63, 3.8) is 0 Å².